The van der Waals surface area contributed by atoms with E-state index in [1.807, 2.05) is 0 Å². The summed E-state index contributed by atoms with van der Waals surface area (Å²) in [4.78, 5) is 37.6. The van der Waals surface area contributed by atoms with Crippen LogP contribution in [-0.4, -0.2) is 40.3 Å². The minimum atomic E-state index is -0.482. The minimum absolute atomic E-state index is 0.0356. The fraction of sp³-hybridized carbons (Fsp3) is 0.571. The zero-order chi connectivity index (χ0) is 15.9. The van der Waals surface area contributed by atoms with Gasteiger partial charge in [-0.15, -0.1) is 11.3 Å². The van der Waals surface area contributed by atoms with E-state index in [0.717, 1.165) is 30.6 Å². The van der Waals surface area contributed by atoms with Crippen LogP contribution in [0.4, 0.5) is 5.69 Å². The van der Waals surface area contributed by atoms with Crippen LogP contribution in [-0.2, 0) is 4.79 Å². The van der Waals surface area contributed by atoms with Crippen molar-refractivity contribution in [2.45, 2.75) is 44.7 Å². The van der Waals surface area contributed by atoms with Crippen molar-refractivity contribution in [2.75, 3.05) is 6.54 Å². The maximum Gasteiger partial charge on any atom is 0.283 e. The van der Waals surface area contributed by atoms with Crippen LogP contribution in [0.5, 0.6) is 0 Å². The molecule has 2 aliphatic rings. The zero-order valence-corrected chi connectivity index (χ0v) is 13.0. The van der Waals surface area contributed by atoms with E-state index < -0.39 is 11.0 Å². The summed E-state index contributed by atoms with van der Waals surface area (Å²) in [6, 6.07) is 1.13. The van der Waals surface area contributed by atoms with Crippen molar-refractivity contribution in [3.05, 3.63) is 25.9 Å². The Morgan fingerprint density at radius 1 is 1.41 bits per heavy atom. The van der Waals surface area contributed by atoms with Crippen LogP contribution in [0.2, 0.25) is 0 Å². The summed E-state index contributed by atoms with van der Waals surface area (Å²) >= 11 is 1.11. The van der Waals surface area contributed by atoms with Gasteiger partial charge in [-0.3, -0.25) is 19.7 Å². The number of thiophene rings is 1. The van der Waals surface area contributed by atoms with Crippen LogP contribution in [0.3, 0.4) is 0 Å². The predicted octanol–water partition coefficient (Wildman–Crippen LogP) is 1.85. The van der Waals surface area contributed by atoms with Crippen LogP contribution < -0.4 is 5.32 Å². The summed E-state index contributed by atoms with van der Waals surface area (Å²) in [6.45, 7) is 2.15. The molecule has 118 valence electrons. The molecule has 0 bridgehead atoms. The second kappa shape index (κ2) is 5.68. The number of nitrogens with one attached hydrogen (secondary N) is 1. The Hall–Kier alpha value is -1.96. The fourth-order valence-corrected chi connectivity index (χ4v) is 3.65. The predicted molar refractivity (Wildman–Crippen MR) is 80.9 cm³/mol. The summed E-state index contributed by atoms with van der Waals surface area (Å²) < 4.78 is 0. The summed E-state index contributed by atoms with van der Waals surface area (Å²) in [5, 5.41) is 13.8. The number of hydrogen-bond donors (Lipinski definition) is 1. The summed E-state index contributed by atoms with van der Waals surface area (Å²) in [6.07, 6.45) is 3.43. The SMILES string of the molecule is Cc1sc(C(=O)N2CCCC2C(=O)NC2CC2)cc1[N+](=O)[O-]. The van der Waals surface area contributed by atoms with Crippen molar-refractivity contribution < 1.29 is 14.5 Å². The Morgan fingerprint density at radius 2 is 2.14 bits per heavy atom. The molecule has 0 spiro atoms. The van der Waals surface area contributed by atoms with Crippen LogP contribution in [0.25, 0.3) is 0 Å². The third-order valence-corrected chi connectivity index (χ3v) is 5.07. The number of hydrogen-bond acceptors (Lipinski definition) is 5. The molecule has 8 heteroatoms. The van der Waals surface area contributed by atoms with Gasteiger partial charge in [0, 0.05) is 18.7 Å². The molecule has 0 radical (unpaired) electrons. The lowest BCUT2D eigenvalue weighted by molar-refractivity contribution is -0.385. The second-order valence-electron chi connectivity index (χ2n) is 5.75. The first kappa shape index (κ1) is 15.0. The molecule has 1 aliphatic heterocycles. The third kappa shape index (κ3) is 2.83. The maximum atomic E-state index is 12.6. The van der Waals surface area contributed by atoms with Gasteiger partial charge in [0.25, 0.3) is 11.6 Å². The van der Waals surface area contributed by atoms with Crippen molar-refractivity contribution >= 4 is 28.8 Å². The fourth-order valence-electron chi connectivity index (χ4n) is 2.71. The lowest BCUT2D eigenvalue weighted by Crippen LogP contribution is -2.46. The molecule has 2 fully saturated rings. The molecule has 2 heterocycles. The highest BCUT2D eigenvalue weighted by Gasteiger charge is 2.37. The van der Waals surface area contributed by atoms with E-state index in [9.17, 15) is 19.7 Å². The smallest absolute Gasteiger partial charge is 0.283 e. The molecule has 1 aromatic heterocycles. The molecular formula is C14H17N3O4S. The average Bonchev–Trinajstić information content (AvgIpc) is 3.01. The van der Waals surface area contributed by atoms with Gasteiger partial charge in [0.05, 0.1) is 14.7 Å². The molecule has 1 atom stereocenters. The highest BCUT2D eigenvalue weighted by atomic mass is 32.1. The molecular weight excluding hydrogens is 306 g/mol. The average molecular weight is 323 g/mol. The molecule has 1 N–H and O–H groups in total. The molecule has 3 rings (SSSR count). The Morgan fingerprint density at radius 3 is 2.73 bits per heavy atom. The van der Waals surface area contributed by atoms with Crippen molar-refractivity contribution in [1.82, 2.24) is 10.2 Å². The number of nitrogens with zero attached hydrogens (tertiary/aromatic N) is 2. The number of amides is 2. The van der Waals surface area contributed by atoms with Gasteiger partial charge >= 0.3 is 0 Å². The van der Waals surface area contributed by atoms with Crippen molar-refractivity contribution in [2.24, 2.45) is 0 Å². The monoisotopic (exact) mass is 323 g/mol. The molecule has 1 saturated carbocycles. The Bertz CT molecular complexity index is 638. The number of carbonyl (C=O) groups excluding carboxylic acids is 2. The van der Waals surface area contributed by atoms with Crippen molar-refractivity contribution in [3.63, 3.8) is 0 Å². The summed E-state index contributed by atoms with van der Waals surface area (Å²) in [5.74, 6) is -0.384. The van der Waals surface area contributed by atoms with Gasteiger partial charge in [-0.25, -0.2) is 0 Å². The van der Waals surface area contributed by atoms with Crippen LogP contribution >= 0.6 is 11.3 Å². The van der Waals surface area contributed by atoms with Gasteiger partial charge in [-0.1, -0.05) is 0 Å². The van der Waals surface area contributed by atoms with Gasteiger partial charge in [-0.05, 0) is 32.6 Å². The van der Waals surface area contributed by atoms with Crippen molar-refractivity contribution in [1.29, 1.82) is 0 Å². The second-order valence-corrected chi connectivity index (χ2v) is 7.00. The molecule has 7 nitrogen and oxygen atoms in total. The van der Waals surface area contributed by atoms with Gasteiger partial charge in [0.1, 0.15) is 6.04 Å². The maximum absolute atomic E-state index is 12.6. The minimum Gasteiger partial charge on any atom is -0.352 e. The molecule has 1 aromatic rings. The highest BCUT2D eigenvalue weighted by molar-refractivity contribution is 7.14. The van der Waals surface area contributed by atoms with Gasteiger partial charge in [0.2, 0.25) is 5.91 Å². The van der Waals surface area contributed by atoms with Gasteiger partial charge in [0.15, 0.2) is 0 Å². The summed E-state index contributed by atoms with van der Waals surface area (Å²) in [5.41, 5.74) is -0.0356. The normalized spacial score (nSPS) is 21.0. The van der Waals surface area contributed by atoms with E-state index in [0.29, 0.717) is 22.7 Å². The molecule has 1 saturated heterocycles. The first-order chi connectivity index (χ1) is 10.5. The lowest BCUT2D eigenvalue weighted by atomic mass is 10.2. The Balaban J connectivity index is 1.76. The number of likely N-dealkylation sites (tertiary alicyclic amines) is 1. The topological polar surface area (TPSA) is 92.6 Å². The Labute approximate surface area is 131 Å². The van der Waals surface area contributed by atoms with E-state index in [-0.39, 0.29) is 23.5 Å². The molecule has 2 amide bonds. The summed E-state index contributed by atoms with van der Waals surface area (Å²) in [7, 11) is 0. The van der Waals surface area contributed by atoms with Gasteiger partial charge in [-0.2, -0.15) is 0 Å². The van der Waals surface area contributed by atoms with Crippen LogP contribution in [0.15, 0.2) is 6.07 Å². The number of aryl methyl sites for hydroxylation is 1. The van der Waals surface area contributed by atoms with Crippen LogP contribution in [0, 0.1) is 17.0 Å². The van der Waals surface area contributed by atoms with E-state index >= 15 is 0 Å². The van der Waals surface area contributed by atoms with E-state index in [4.69, 9.17) is 0 Å². The Kier molecular flexibility index (Phi) is 3.86. The van der Waals surface area contributed by atoms with Crippen LogP contribution in [0.1, 0.15) is 40.2 Å². The lowest BCUT2D eigenvalue weighted by Gasteiger charge is -2.23. The molecule has 22 heavy (non-hydrogen) atoms. The van der Waals surface area contributed by atoms with Crippen molar-refractivity contribution in [3.8, 4) is 0 Å². The third-order valence-electron chi connectivity index (χ3n) is 4.04. The van der Waals surface area contributed by atoms with E-state index in [1.54, 1.807) is 11.8 Å². The number of rotatable bonds is 4. The van der Waals surface area contributed by atoms with E-state index in [2.05, 4.69) is 5.32 Å². The first-order valence-electron chi connectivity index (χ1n) is 7.33. The zero-order valence-electron chi connectivity index (χ0n) is 12.2. The molecule has 1 aliphatic carbocycles. The standard InChI is InChI=1S/C14H17N3O4S/c1-8-11(17(20)21)7-12(22-8)14(19)16-6-2-3-10(16)13(18)15-9-4-5-9/h7,9-10H,2-6H2,1H3,(H,15,18). The largest absolute Gasteiger partial charge is 0.352 e. The number of nitro groups is 1. The van der Waals surface area contributed by atoms with Gasteiger partial charge < -0.3 is 10.2 Å². The quantitative estimate of drug-likeness (QED) is 0.676. The molecule has 1 unspecified atom stereocenters. The first-order valence-corrected chi connectivity index (χ1v) is 8.15. The number of carbonyl (C=O) groups is 2. The highest BCUT2D eigenvalue weighted by Crippen LogP contribution is 2.31. The van der Waals surface area contributed by atoms with E-state index in [1.165, 1.54) is 6.07 Å². The molecule has 0 aromatic carbocycles.